The number of hydrogen-bond donors (Lipinski definition) is 1. The molecule has 1 N–H and O–H groups in total. The molecule has 1 aliphatic heterocycles. The lowest BCUT2D eigenvalue weighted by Crippen LogP contribution is -2.49. The maximum absolute atomic E-state index is 11.2. The van der Waals surface area contributed by atoms with E-state index in [1.165, 1.54) is 5.56 Å². The van der Waals surface area contributed by atoms with E-state index in [4.69, 9.17) is 9.84 Å². The van der Waals surface area contributed by atoms with Crippen LogP contribution in [0.4, 0.5) is 0 Å². The Morgan fingerprint density at radius 1 is 1.48 bits per heavy atom. The van der Waals surface area contributed by atoms with Crippen LogP contribution in [0.25, 0.3) is 0 Å². The van der Waals surface area contributed by atoms with E-state index in [1.54, 1.807) is 6.07 Å². The lowest BCUT2D eigenvalue weighted by atomic mass is 9.83. The molecule has 116 valence electrons. The number of aryl methyl sites for hydroxylation is 1. The SMILES string of the molecule is CCCN1CCOC2c3cc(C(=O)O)ccc3CCC21.Cl. The molecule has 0 spiro atoms. The monoisotopic (exact) mass is 311 g/mol. The molecule has 0 saturated carbocycles. The molecule has 0 radical (unpaired) electrons. The molecular weight excluding hydrogens is 290 g/mol. The van der Waals surface area contributed by atoms with Crippen molar-refractivity contribution in [1.82, 2.24) is 4.90 Å². The van der Waals surface area contributed by atoms with Gasteiger partial charge in [0, 0.05) is 12.6 Å². The molecule has 2 aliphatic rings. The summed E-state index contributed by atoms with van der Waals surface area (Å²) in [6.45, 7) is 5.02. The summed E-state index contributed by atoms with van der Waals surface area (Å²) >= 11 is 0. The molecular formula is C16H22ClNO3. The quantitative estimate of drug-likeness (QED) is 0.932. The molecule has 1 saturated heterocycles. The average Bonchev–Trinajstić information content (AvgIpc) is 2.47. The summed E-state index contributed by atoms with van der Waals surface area (Å²) in [7, 11) is 0. The van der Waals surface area contributed by atoms with E-state index in [2.05, 4.69) is 11.8 Å². The van der Waals surface area contributed by atoms with Crippen LogP contribution in [0.15, 0.2) is 18.2 Å². The molecule has 0 amide bonds. The predicted octanol–water partition coefficient (Wildman–Crippen LogP) is 2.90. The summed E-state index contributed by atoms with van der Waals surface area (Å²) in [5.41, 5.74) is 2.69. The van der Waals surface area contributed by atoms with Gasteiger partial charge in [-0.3, -0.25) is 4.90 Å². The zero-order chi connectivity index (χ0) is 14.1. The smallest absolute Gasteiger partial charge is 0.335 e. The van der Waals surface area contributed by atoms with E-state index < -0.39 is 5.97 Å². The van der Waals surface area contributed by atoms with Gasteiger partial charge in [-0.15, -0.1) is 12.4 Å². The summed E-state index contributed by atoms with van der Waals surface area (Å²) in [6.07, 6.45) is 3.30. The Morgan fingerprint density at radius 2 is 2.29 bits per heavy atom. The van der Waals surface area contributed by atoms with Gasteiger partial charge >= 0.3 is 5.97 Å². The van der Waals surface area contributed by atoms with Crippen molar-refractivity contribution in [3.05, 3.63) is 34.9 Å². The third-order valence-electron chi connectivity index (χ3n) is 4.41. The number of fused-ring (bicyclic) bond motifs is 3. The number of nitrogens with zero attached hydrogens (tertiary/aromatic N) is 1. The van der Waals surface area contributed by atoms with E-state index in [9.17, 15) is 4.79 Å². The molecule has 1 aromatic carbocycles. The van der Waals surface area contributed by atoms with Crippen LogP contribution in [0, 0.1) is 0 Å². The summed E-state index contributed by atoms with van der Waals surface area (Å²) in [5.74, 6) is -0.865. The first-order valence-corrected chi connectivity index (χ1v) is 7.42. The number of aromatic carboxylic acids is 1. The highest BCUT2D eigenvalue weighted by Gasteiger charge is 2.37. The number of morpholine rings is 1. The summed E-state index contributed by atoms with van der Waals surface area (Å²) in [6, 6.07) is 5.87. The van der Waals surface area contributed by atoms with Crippen molar-refractivity contribution in [2.24, 2.45) is 0 Å². The van der Waals surface area contributed by atoms with E-state index >= 15 is 0 Å². The number of rotatable bonds is 3. The van der Waals surface area contributed by atoms with Gasteiger partial charge in [0.05, 0.1) is 18.3 Å². The fraction of sp³-hybridized carbons (Fsp3) is 0.562. The number of carboxylic acids is 1. The summed E-state index contributed by atoms with van der Waals surface area (Å²) in [4.78, 5) is 13.7. The minimum atomic E-state index is -0.865. The third kappa shape index (κ3) is 3.07. The Kier molecular flexibility index (Phi) is 5.25. The molecule has 5 heteroatoms. The molecule has 2 atom stereocenters. The van der Waals surface area contributed by atoms with Crippen LogP contribution in [-0.2, 0) is 11.2 Å². The Balaban J connectivity index is 0.00000161. The van der Waals surface area contributed by atoms with Gasteiger partial charge in [0.1, 0.15) is 0 Å². The number of halogens is 1. The summed E-state index contributed by atoms with van der Waals surface area (Å²) < 4.78 is 5.99. The number of carboxylic acid groups (broad SMARTS) is 1. The van der Waals surface area contributed by atoms with E-state index in [0.717, 1.165) is 44.5 Å². The first kappa shape index (κ1) is 16.3. The standard InChI is InChI=1S/C16H21NO3.ClH/c1-2-7-17-8-9-20-15-13-10-12(16(18)19)4-3-11(13)5-6-14(15)17;/h3-4,10,14-15H,2,5-9H2,1H3,(H,18,19);1H. The third-order valence-corrected chi connectivity index (χ3v) is 4.41. The molecule has 1 aromatic rings. The number of benzene rings is 1. The minimum absolute atomic E-state index is 0. The predicted molar refractivity (Wildman–Crippen MR) is 83.3 cm³/mol. The molecule has 3 rings (SSSR count). The number of hydrogen-bond acceptors (Lipinski definition) is 3. The van der Waals surface area contributed by atoms with Crippen molar-refractivity contribution in [3.63, 3.8) is 0 Å². The van der Waals surface area contributed by atoms with Gasteiger partial charge < -0.3 is 9.84 Å². The first-order chi connectivity index (χ1) is 9.70. The fourth-order valence-electron chi connectivity index (χ4n) is 3.49. The molecule has 4 nitrogen and oxygen atoms in total. The Hall–Kier alpha value is -1.10. The maximum atomic E-state index is 11.2. The molecule has 0 aromatic heterocycles. The maximum Gasteiger partial charge on any atom is 0.335 e. The van der Waals surface area contributed by atoms with Crippen molar-refractivity contribution in [2.45, 2.75) is 38.3 Å². The van der Waals surface area contributed by atoms with Crippen LogP contribution < -0.4 is 0 Å². The van der Waals surface area contributed by atoms with Crippen molar-refractivity contribution in [2.75, 3.05) is 19.7 Å². The topological polar surface area (TPSA) is 49.8 Å². The normalized spacial score (nSPS) is 24.6. The van der Waals surface area contributed by atoms with E-state index in [-0.39, 0.29) is 18.5 Å². The zero-order valence-electron chi connectivity index (χ0n) is 12.2. The van der Waals surface area contributed by atoms with Gasteiger partial charge in [-0.05, 0) is 49.1 Å². The number of ether oxygens (including phenoxy) is 1. The van der Waals surface area contributed by atoms with Crippen LogP contribution in [-0.4, -0.2) is 41.7 Å². The Morgan fingerprint density at radius 3 is 3.00 bits per heavy atom. The van der Waals surface area contributed by atoms with E-state index in [0.29, 0.717) is 11.6 Å². The first-order valence-electron chi connectivity index (χ1n) is 7.42. The second-order valence-corrected chi connectivity index (χ2v) is 5.65. The van der Waals surface area contributed by atoms with Gasteiger partial charge in [0.25, 0.3) is 0 Å². The van der Waals surface area contributed by atoms with Crippen LogP contribution in [0.1, 0.15) is 47.4 Å². The number of carbonyl (C=O) groups is 1. The summed E-state index contributed by atoms with van der Waals surface area (Å²) in [5, 5.41) is 9.17. The highest BCUT2D eigenvalue weighted by molar-refractivity contribution is 5.88. The van der Waals surface area contributed by atoms with Crippen LogP contribution in [0.2, 0.25) is 0 Å². The van der Waals surface area contributed by atoms with Gasteiger partial charge in [0.15, 0.2) is 0 Å². The Bertz CT molecular complexity index is 518. The molecule has 2 unspecified atom stereocenters. The fourth-order valence-corrected chi connectivity index (χ4v) is 3.49. The van der Waals surface area contributed by atoms with Gasteiger partial charge in [-0.1, -0.05) is 13.0 Å². The molecule has 0 bridgehead atoms. The largest absolute Gasteiger partial charge is 0.478 e. The molecule has 1 aliphatic carbocycles. The Labute approximate surface area is 131 Å². The highest BCUT2D eigenvalue weighted by atomic mass is 35.5. The van der Waals surface area contributed by atoms with Crippen LogP contribution >= 0.6 is 12.4 Å². The van der Waals surface area contributed by atoms with Gasteiger partial charge in [-0.25, -0.2) is 4.79 Å². The van der Waals surface area contributed by atoms with E-state index in [1.807, 2.05) is 12.1 Å². The van der Waals surface area contributed by atoms with Gasteiger partial charge in [-0.2, -0.15) is 0 Å². The highest BCUT2D eigenvalue weighted by Crippen LogP contribution is 2.38. The lowest BCUT2D eigenvalue weighted by Gasteiger charge is -2.44. The van der Waals surface area contributed by atoms with Crippen molar-refractivity contribution in [3.8, 4) is 0 Å². The second-order valence-electron chi connectivity index (χ2n) is 5.65. The minimum Gasteiger partial charge on any atom is -0.478 e. The molecule has 21 heavy (non-hydrogen) atoms. The lowest BCUT2D eigenvalue weighted by molar-refractivity contribution is -0.0801. The molecule has 1 fully saturated rings. The average molecular weight is 312 g/mol. The van der Waals surface area contributed by atoms with Crippen molar-refractivity contribution >= 4 is 18.4 Å². The van der Waals surface area contributed by atoms with Gasteiger partial charge in [0.2, 0.25) is 0 Å². The van der Waals surface area contributed by atoms with Crippen LogP contribution in [0.3, 0.4) is 0 Å². The van der Waals surface area contributed by atoms with Crippen LogP contribution in [0.5, 0.6) is 0 Å². The zero-order valence-corrected chi connectivity index (χ0v) is 13.1. The van der Waals surface area contributed by atoms with Crippen molar-refractivity contribution < 1.29 is 14.6 Å². The van der Waals surface area contributed by atoms with Crippen molar-refractivity contribution in [1.29, 1.82) is 0 Å². The second kappa shape index (κ2) is 6.77. The molecule has 1 heterocycles.